The van der Waals surface area contributed by atoms with Gasteiger partial charge in [0, 0.05) is 56.1 Å². The Hall–Kier alpha value is -4.09. The summed E-state index contributed by atoms with van der Waals surface area (Å²) in [5.41, 5.74) is 2.31. The van der Waals surface area contributed by atoms with Crippen molar-refractivity contribution in [3.8, 4) is 5.75 Å². The molecule has 2 amide bonds. The van der Waals surface area contributed by atoms with E-state index in [1.807, 2.05) is 4.57 Å². The molecule has 3 heterocycles. The van der Waals surface area contributed by atoms with Crippen molar-refractivity contribution in [3.05, 3.63) is 54.1 Å². The number of carbonyl (C=O) groups is 2. The lowest BCUT2D eigenvalue weighted by atomic mass is 10.2. The van der Waals surface area contributed by atoms with Crippen LogP contribution < -0.4 is 15.4 Å². The molecule has 1 aromatic carbocycles. The second-order valence-electron chi connectivity index (χ2n) is 7.62. The van der Waals surface area contributed by atoms with Crippen LogP contribution in [0.2, 0.25) is 0 Å². The molecule has 4 aromatic rings. The molecule has 0 radical (unpaired) electrons. The van der Waals surface area contributed by atoms with E-state index >= 15 is 0 Å². The van der Waals surface area contributed by atoms with Crippen LogP contribution in [-0.2, 0) is 18.4 Å². The van der Waals surface area contributed by atoms with Gasteiger partial charge in [0.2, 0.25) is 5.91 Å². The number of hydrogen-bond donors (Lipinski definition) is 2. The first-order valence-corrected chi connectivity index (χ1v) is 10.3. The number of rotatable bonds is 7. The van der Waals surface area contributed by atoms with Crippen molar-refractivity contribution in [2.45, 2.75) is 19.8 Å². The van der Waals surface area contributed by atoms with Gasteiger partial charge in [0.05, 0.1) is 17.4 Å². The van der Waals surface area contributed by atoms with E-state index in [1.165, 1.54) is 25.3 Å². The van der Waals surface area contributed by atoms with Crippen LogP contribution in [0.25, 0.3) is 21.8 Å². The number of aromatic nitrogens is 4. The van der Waals surface area contributed by atoms with Gasteiger partial charge in [-0.15, -0.1) is 13.2 Å². The van der Waals surface area contributed by atoms with Crippen molar-refractivity contribution in [1.82, 2.24) is 30.0 Å². The summed E-state index contributed by atoms with van der Waals surface area (Å²) in [5.74, 6) is -0.868. The lowest BCUT2D eigenvalue weighted by molar-refractivity contribution is -0.274. The van der Waals surface area contributed by atoms with Crippen molar-refractivity contribution in [2.75, 3.05) is 13.1 Å². The fourth-order valence-electron chi connectivity index (χ4n) is 3.65. The topological polar surface area (TPSA) is 103 Å². The molecule has 0 aliphatic rings. The molecule has 0 saturated heterocycles. The Morgan fingerprint density at radius 1 is 1.12 bits per heavy atom. The molecule has 0 fully saturated rings. The van der Waals surface area contributed by atoms with Crippen LogP contribution in [0.3, 0.4) is 0 Å². The van der Waals surface area contributed by atoms with Crippen LogP contribution in [0.15, 0.2) is 42.7 Å². The Labute approximate surface area is 191 Å². The minimum absolute atomic E-state index is 0.187. The van der Waals surface area contributed by atoms with Crippen molar-refractivity contribution in [3.63, 3.8) is 0 Å². The smallest absolute Gasteiger partial charge is 0.406 e. The molecule has 178 valence electrons. The average Bonchev–Trinajstić information content (AvgIpc) is 3.30. The van der Waals surface area contributed by atoms with Crippen LogP contribution >= 0.6 is 0 Å². The normalized spacial score (nSPS) is 11.7. The van der Waals surface area contributed by atoms with E-state index in [9.17, 15) is 22.8 Å². The lowest BCUT2D eigenvalue weighted by Gasteiger charge is -2.08. The Morgan fingerprint density at radius 2 is 1.88 bits per heavy atom. The van der Waals surface area contributed by atoms with Gasteiger partial charge in [-0.05, 0) is 30.3 Å². The van der Waals surface area contributed by atoms with Gasteiger partial charge in [-0.25, -0.2) is 0 Å². The molecule has 9 nitrogen and oxygen atoms in total. The zero-order valence-electron chi connectivity index (χ0n) is 18.3. The summed E-state index contributed by atoms with van der Waals surface area (Å²) in [6.07, 6.45) is -1.58. The number of alkyl halides is 3. The van der Waals surface area contributed by atoms with E-state index in [2.05, 4.69) is 25.5 Å². The number of aryl methyl sites for hydroxylation is 1. The molecule has 0 aliphatic carbocycles. The molecule has 0 spiro atoms. The largest absolute Gasteiger partial charge is 0.573 e. The molecule has 0 atom stereocenters. The van der Waals surface area contributed by atoms with Gasteiger partial charge in [-0.2, -0.15) is 5.10 Å². The fraction of sp³-hybridized carbons (Fsp3) is 0.273. The van der Waals surface area contributed by atoms with Gasteiger partial charge in [0.1, 0.15) is 11.4 Å². The first-order valence-electron chi connectivity index (χ1n) is 10.3. The number of halogens is 3. The third-order valence-electron chi connectivity index (χ3n) is 5.15. The zero-order chi connectivity index (χ0) is 24.5. The van der Waals surface area contributed by atoms with Crippen LogP contribution in [0.5, 0.6) is 5.75 Å². The summed E-state index contributed by atoms with van der Waals surface area (Å²) in [6, 6.07) is 7.61. The van der Waals surface area contributed by atoms with Crippen molar-refractivity contribution in [2.24, 2.45) is 7.05 Å². The predicted molar refractivity (Wildman–Crippen MR) is 117 cm³/mol. The molecule has 34 heavy (non-hydrogen) atoms. The van der Waals surface area contributed by atoms with Crippen molar-refractivity contribution in [1.29, 1.82) is 0 Å². The van der Waals surface area contributed by atoms with Crippen LogP contribution in [0.4, 0.5) is 13.2 Å². The number of hydrogen-bond acceptors (Lipinski definition) is 5. The molecule has 2 N–H and O–H groups in total. The Morgan fingerprint density at radius 3 is 2.62 bits per heavy atom. The summed E-state index contributed by atoms with van der Waals surface area (Å²) < 4.78 is 45.1. The molecule has 0 unspecified atom stereocenters. The Bertz CT molecular complexity index is 1380. The number of nitrogens with one attached hydrogen (secondary N) is 2. The summed E-state index contributed by atoms with van der Waals surface area (Å²) in [7, 11) is 1.81. The highest BCUT2D eigenvalue weighted by Gasteiger charge is 2.31. The highest BCUT2D eigenvalue weighted by atomic mass is 19.4. The number of nitrogens with zero attached hydrogens (tertiary/aromatic N) is 4. The third-order valence-corrected chi connectivity index (χ3v) is 5.15. The molecule has 0 bridgehead atoms. The molecule has 0 saturated carbocycles. The Balaban J connectivity index is 1.55. The van der Waals surface area contributed by atoms with Gasteiger partial charge in [-0.3, -0.25) is 19.3 Å². The number of amides is 2. The van der Waals surface area contributed by atoms with Crippen LogP contribution in [0, 0.1) is 0 Å². The maximum Gasteiger partial charge on any atom is 0.573 e. The van der Waals surface area contributed by atoms with Crippen molar-refractivity contribution >= 4 is 33.6 Å². The molecule has 3 aromatic heterocycles. The van der Waals surface area contributed by atoms with E-state index in [-0.39, 0.29) is 23.9 Å². The van der Waals surface area contributed by atoms with Gasteiger partial charge < -0.3 is 19.9 Å². The van der Waals surface area contributed by atoms with E-state index in [0.717, 1.165) is 11.2 Å². The summed E-state index contributed by atoms with van der Waals surface area (Å²) in [4.78, 5) is 27.7. The van der Waals surface area contributed by atoms with Crippen molar-refractivity contribution < 1.29 is 27.5 Å². The maximum absolute atomic E-state index is 12.6. The average molecular weight is 474 g/mol. The Kier molecular flexibility index (Phi) is 6.14. The number of benzene rings is 1. The monoisotopic (exact) mass is 474 g/mol. The molecular formula is C22H21F3N6O3. The quantitative estimate of drug-likeness (QED) is 0.401. The fourth-order valence-corrected chi connectivity index (χ4v) is 3.65. The minimum Gasteiger partial charge on any atom is -0.406 e. The first-order chi connectivity index (χ1) is 16.1. The SMILES string of the molecule is CC(=O)NCCNC(=O)c1nccc2nn(Cc3cc4cc(OC(F)(F)F)ccc4n3C)cc12. The van der Waals surface area contributed by atoms with E-state index in [0.29, 0.717) is 29.4 Å². The minimum atomic E-state index is -4.76. The van der Waals surface area contributed by atoms with Gasteiger partial charge in [0.15, 0.2) is 0 Å². The molecule has 4 rings (SSSR count). The van der Waals surface area contributed by atoms with Crippen LogP contribution in [0.1, 0.15) is 23.1 Å². The molecule has 12 heteroatoms. The number of carbonyl (C=O) groups excluding carboxylic acids is 2. The van der Waals surface area contributed by atoms with Gasteiger partial charge in [0.25, 0.3) is 5.91 Å². The summed E-state index contributed by atoms with van der Waals surface area (Å²) in [6.45, 7) is 2.26. The second-order valence-corrected chi connectivity index (χ2v) is 7.62. The number of ether oxygens (including phenoxy) is 1. The standard InChI is InChI=1S/C22H21F3N6O3/c1-13(32)26-7-8-28-21(33)20-17-12-31(29-18(17)5-6-27-20)11-15-9-14-10-16(34-22(23,24)25)3-4-19(14)30(15)2/h3-6,9-10,12H,7-8,11H2,1-2H3,(H,26,32)(H,28,33). The maximum atomic E-state index is 12.6. The number of pyridine rings is 1. The van der Waals surface area contributed by atoms with E-state index in [4.69, 9.17) is 0 Å². The first kappa shape index (κ1) is 23.1. The molecular weight excluding hydrogens is 453 g/mol. The van der Waals surface area contributed by atoms with E-state index < -0.39 is 12.3 Å². The van der Waals surface area contributed by atoms with Gasteiger partial charge >= 0.3 is 6.36 Å². The van der Waals surface area contributed by atoms with Crippen LogP contribution in [-0.4, -0.2) is 50.6 Å². The zero-order valence-corrected chi connectivity index (χ0v) is 18.3. The molecule has 0 aliphatic heterocycles. The summed E-state index contributed by atoms with van der Waals surface area (Å²) in [5, 5.41) is 10.9. The highest BCUT2D eigenvalue weighted by Crippen LogP contribution is 2.28. The summed E-state index contributed by atoms with van der Waals surface area (Å²) >= 11 is 0. The van der Waals surface area contributed by atoms with Gasteiger partial charge in [-0.1, -0.05) is 0 Å². The lowest BCUT2D eigenvalue weighted by Crippen LogP contribution is -2.34. The second kappa shape index (κ2) is 9.04. The predicted octanol–water partition coefficient (Wildman–Crippen LogP) is 2.74. The highest BCUT2D eigenvalue weighted by molar-refractivity contribution is 6.04. The van der Waals surface area contributed by atoms with E-state index in [1.54, 1.807) is 36.1 Å². The number of fused-ring (bicyclic) bond motifs is 2. The third kappa shape index (κ3) is 5.11.